The largest absolute Gasteiger partial charge is 0.382 e. The van der Waals surface area contributed by atoms with Crippen molar-refractivity contribution in [2.75, 3.05) is 37.8 Å². The number of sulfonamides is 1. The van der Waals surface area contributed by atoms with E-state index in [1.807, 2.05) is 25.1 Å². The van der Waals surface area contributed by atoms with Crippen LogP contribution in [-0.4, -0.2) is 62.8 Å². The summed E-state index contributed by atoms with van der Waals surface area (Å²) in [7, 11) is -0.573. The Bertz CT molecular complexity index is 955. The summed E-state index contributed by atoms with van der Waals surface area (Å²) in [5.41, 5.74) is 1.60. The van der Waals surface area contributed by atoms with Gasteiger partial charge >= 0.3 is 0 Å². The van der Waals surface area contributed by atoms with Crippen molar-refractivity contribution in [3.05, 3.63) is 54.6 Å². The summed E-state index contributed by atoms with van der Waals surface area (Å²) in [6, 6.07) is 16.6. The van der Waals surface area contributed by atoms with Crippen LogP contribution in [0, 0.1) is 0 Å². The molecule has 0 radical (unpaired) electrons. The first kappa shape index (κ1) is 22.3. The van der Waals surface area contributed by atoms with Gasteiger partial charge in [0, 0.05) is 44.6 Å². The lowest BCUT2D eigenvalue weighted by Gasteiger charge is -2.36. The van der Waals surface area contributed by atoms with Crippen molar-refractivity contribution in [1.29, 1.82) is 0 Å². The predicted molar refractivity (Wildman–Crippen MR) is 120 cm³/mol. The first-order chi connectivity index (χ1) is 14.3. The molecular formula is C22H30N4O3S. The number of carbonyl (C=O) groups is 1. The highest BCUT2D eigenvalue weighted by molar-refractivity contribution is 7.89. The van der Waals surface area contributed by atoms with Crippen LogP contribution in [0.3, 0.4) is 0 Å². The van der Waals surface area contributed by atoms with Crippen molar-refractivity contribution >= 4 is 27.3 Å². The molecule has 0 spiro atoms. The van der Waals surface area contributed by atoms with Crippen LogP contribution in [0.4, 0.5) is 11.4 Å². The zero-order chi connectivity index (χ0) is 21.7. The van der Waals surface area contributed by atoms with Gasteiger partial charge in [0.15, 0.2) is 0 Å². The van der Waals surface area contributed by atoms with E-state index < -0.39 is 10.0 Å². The number of piperidine rings is 1. The first-order valence-electron chi connectivity index (χ1n) is 10.2. The van der Waals surface area contributed by atoms with E-state index in [0.29, 0.717) is 11.7 Å². The second kappa shape index (κ2) is 9.59. The van der Waals surface area contributed by atoms with Gasteiger partial charge in [-0.1, -0.05) is 24.3 Å². The number of hydrogen-bond donors (Lipinski definition) is 2. The number of carbonyl (C=O) groups excluding carboxylic acids is 1. The van der Waals surface area contributed by atoms with Crippen LogP contribution in [0.15, 0.2) is 59.5 Å². The topological polar surface area (TPSA) is 81.8 Å². The lowest BCUT2D eigenvalue weighted by molar-refractivity contribution is -0.121. The number of likely N-dealkylation sites (tertiary alicyclic amines) is 1. The fourth-order valence-electron chi connectivity index (χ4n) is 3.56. The first-order valence-corrected chi connectivity index (χ1v) is 11.6. The Hall–Kier alpha value is -2.42. The average molecular weight is 431 g/mol. The third-order valence-corrected chi connectivity index (χ3v) is 7.29. The SMILES string of the molecule is CC(C(=O)Nc1cccc(S(=O)(=O)N(C)C)c1)N1CCC(Nc2ccccc2)CC1. The maximum absolute atomic E-state index is 12.8. The molecule has 30 heavy (non-hydrogen) atoms. The quantitative estimate of drug-likeness (QED) is 0.706. The number of para-hydroxylation sites is 1. The van der Waals surface area contributed by atoms with Gasteiger partial charge < -0.3 is 10.6 Å². The minimum atomic E-state index is -3.54. The van der Waals surface area contributed by atoms with E-state index >= 15 is 0 Å². The number of rotatable bonds is 7. The molecule has 0 bridgehead atoms. The molecule has 1 atom stereocenters. The van der Waals surface area contributed by atoms with E-state index in [1.165, 1.54) is 26.2 Å². The summed E-state index contributed by atoms with van der Waals surface area (Å²) >= 11 is 0. The van der Waals surface area contributed by atoms with E-state index in [2.05, 4.69) is 27.7 Å². The van der Waals surface area contributed by atoms with Gasteiger partial charge in [-0.15, -0.1) is 0 Å². The highest BCUT2D eigenvalue weighted by atomic mass is 32.2. The van der Waals surface area contributed by atoms with E-state index in [0.717, 1.165) is 35.9 Å². The smallest absolute Gasteiger partial charge is 0.242 e. The molecule has 2 aromatic carbocycles. The van der Waals surface area contributed by atoms with Crippen molar-refractivity contribution in [3.63, 3.8) is 0 Å². The Kier molecular flexibility index (Phi) is 7.12. The Morgan fingerprint density at radius 1 is 1.03 bits per heavy atom. The van der Waals surface area contributed by atoms with Crippen LogP contribution in [-0.2, 0) is 14.8 Å². The van der Waals surface area contributed by atoms with Gasteiger partial charge in [0.2, 0.25) is 15.9 Å². The van der Waals surface area contributed by atoms with Crippen molar-refractivity contribution in [2.45, 2.75) is 36.7 Å². The Morgan fingerprint density at radius 3 is 2.30 bits per heavy atom. The minimum absolute atomic E-state index is 0.135. The third-order valence-electron chi connectivity index (χ3n) is 5.48. The lowest BCUT2D eigenvalue weighted by atomic mass is 10.0. The molecule has 1 amide bonds. The molecule has 1 heterocycles. The molecule has 3 rings (SSSR count). The second-order valence-electron chi connectivity index (χ2n) is 7.80. The van der Waals surface area contributed by atoms with Gasteiger partial charge in [-0.05, 0) is 50.1 Å². The monoisotopic (exact) mass is 430 g/mol. The number of hydrogen-bond acceptors (Lipinski definition) is 5. The van der Waals surface area contributed by atoms with Gasteiger partial charge in [0.05, 0.1) is 10.9 Å². The van der Waals surface area contributed by atoms with Gasteiger partial charge in [-0.3, -0.25) is 9.69 Å². The fourth-order valence-corrected chi connectivity index (χ4v) is 4.51. The van der Waals surface area contributed by atoms with Gasteiger partial charge in [0.25, 0.3) is 0 Å². The summed E-state index contributed by atoms with van der Waals surface area (Å²) in [6.45, 7) is 3.54. The van der Waals surface area contributed by atoms with Crippen LogP contribution >= 0.6 is 0 Å². The Balaban J connectivity index is 1.55. The van der Waals surface area contributed by atoms with Crippen LogP contribution in [0.2, 0.25) is 0 Å². The molecule has 1 unspecified atom stereocenters. The molecule has 1 saturated heterocycles. The van der Waals surface area contributed by atoms with Crippen LogP contribution in [0.5, 0.6) is 0 Å². The molecule has 2 N–H and O–H groups in total. The molecule has 0 aliphatic carbocycles. The maximum atomic E-state index is 12.8. The van der Waals surface area contributed by atoms with E-state index in [4.69, 9.17) is 0 Å². The van der Waals surface area contributed by atoms with Gasteiger partial charge in [-0.2, -0.15) is 0 Å². The van der Waals surface area contributed by atoms with E-state index in [1.54, 1.807) is 12.1 Å². The normalized spacial score (nSPS) is 16.9. The molecule has 162 valence electrons. The molecule has 0 aromatic heterocycles. The average Bonchev–Trinajstić information content (AvgIpc) is 2.74. The summed E-state index contributed by atoms with van der Waals surface area (Å²) in [5, 5.41) is 6.41. The molecule has 0 saturated carbocycles. The molecule has 1 fully saturated rings. The summed E-state index contributed by atoms with van der Waals surface area (Å²) in [6.07, 6.45) is 1.92. The third kappa shape index (κ3) is 5.38. The number of nitrogens with one attached hydrogen (secondary N) is 2. The lowest BCUT2D eigenvalue weighted by Crippen LogP contribution is -2.48. The zero-order valence-corrected chi connectivity index (χ0v) is 18.5. The van der Waals surface area contributed by atoms with Crippen molar-refractivity contribution in [1.82, 2.24) is 9.21 Å². The van der Waals surface area contributed by atoms with Gasteiger partial charge in [0.1, 0.15) is 0 Å². The Labute approximate surface area is 179 Å². The summed E-state index contributed by atoms with van der Waals surface area (Å²) < 4.78 is 25.8. The molecule has 7 nitrogen and oxygen atoms in total. The Morgan fingerprint density at radius 2 is 1.67 bits per heavy atom. The fraction of sp³-hybridized carbons (Fsp3) is 0.409. The zero-order valence-electron chi connectivity index (χ0n) is 17.7. The van der Waals surface area contributed by atoms with E-state index in [-0.39, 0.29) is 16.8 Å². The molecule has 1 aliphatic heterocycles. The van der Waals surface area contributed by atoms with Crippen molar-refractivity contribution in [3.8, 4) is 0 Å². The number of nitrogens with zero attached hydrogens (tertiary/aromatic N) is 2. The maximum Gasteiger partial charge on any atom is 0.242 e. The van der Waals surface area contributed by atoms with Crippen molar-refractivity contribution in [2.24, 2.45) is 0 Å². The molecular weight excluding hydrogens is 400 g/mol. The number of anilines is 2. The number of amides is 1. The number of benzene rings is 2. The molecule has 2 aromatic rings. The standard InChI is InChI=1S/C22H30N4O3S/c1-17(26-14-12-19(13-15-26)23-18-8-5-4-6-9-18)22(27)24-20-10-7-11-21(16-20)30(28,29)25(2)3/h4-11,16-17,19,23H,12-15H2,1-3H3,(H,24,27). The minimum Gasteiger partial charge on any atom is -0.382 e. The highest BCUT2D eigenvalue weighted by Crippen LogP contribution is 2.21. The van der Waals surface area contributed by atoms with Crippen LogP contribution < -0.4 is 10.6 Å². The van der Waals surface area contributed by atoms with Crippen LogP contribution in [0.1, 0.15) is 19.8 Å². The predicted octanol–water partition coefficient (Wildman–Crippen LogP) is 2.84. The van der Waals surface area contributed by atoms with Crippen LogP contribution in [0.25, 0.3) is 0 Å². The summed E-state index contributed by atoms with van der Waals surface area (Å²) in [4.78, 5) is 15.1. The van der Waals surface area contributed by atoms with E-state index in [9.17, 15) is 13.2 Å². The highest BCUT2D eigenvalue weighted by Gasteiger charge is 2.27. The van der Waals surface area contributed by atoms with Crippen molar-refractivity contribution < 1.29 is 13.2 Å². The summed E-state index contributed by atoms with van der Waals surface area (Å²) in [5.74, 6) is -0.135. The molecule has 1 aliphatic rings. The molecule has 8 heteroatoms. The van der Waals surface area contributed by atoms with Gasteiger partial charge in [-0.25, -0.2) is 12.7 Å². The second-order valence-corrected chi connectivity index (χ2v) is 9.95.